The summed E-state index contributed by atoms with van der Waals surface area (Å²) in [5.41, 5.74) is 0.666. The number of H-pyrrole nitrogens is 1. The van der Waals surface area contributed by atoms with Crippen LogP contribution in [0.15, 0.2) is 42.6 Å². The van der Waals surface area contributed by atoms with Crippen molar-refractivity contribution in [1.29, 1.82) is 0 Å². The first kappa shape index (κ1) is 14.0. The summed E-state index contributed by atoms with van der Waals surface area (Å²) in [4.78, 5) is 14.2. The van der Waals surface area contributed by atoms with E-state index in [4.69, 9.17) is 4.74 Å². The van der Waals surface area contributed by atoms with Crippen LogP contribution in [0, 0.1) is 0 Å². The summed E-state index contributed by atoms with van der Waals surface area (Å²) in [7, 11) is 0. The van der Waals surface area contributed by atoms with Crippen molar-refractivity contribution in [3.8, 4) is 5.75 Å². The number of hydrogen-bond donors (Lipinski definition) is 1. The quantitative estimate of drug-likeness (QED) is 0.877. The summed E-state index contributed by atoms with van der Waals surface area (Å²) in [6, 6.07) is 8.42. The lowest BCUT2D eigenvalue weighted by Crippen LogP contribution is -2.17. The normalized spacial score (nSPS) is 11.2. The molecule has 7 heteroatoms. The molecular formula is C13H10F3NO3. The number of halogens is 3. The predicted octanol–water partition coefficient (Wildman–Crippen LogP) is 3.27. The number of rotatable bonds is 4. The average Bonchev–Trinajstić information content (AvgIpc) is 2.88. The van der Waals surface area contributed by atoms with Crippen LogP contribution in [-0.2, 0) is 11.3 Å². The predicted molar refractivity (Wildman–Crippen MR) is 63.0 cm³/mol. The Bertz CT molecular complexity index is 579. The molecule has 0 saturated heterocycles. The SMILES string of the molecule is O=C(OCc1cccc(OC(F)(F)F)c1)c1ccc[nH]1. The molecule has 0 atom stereocenters. The van der Waals surface area contributed by atoms with Crippen LogP contribution in [0.5, 0.6) is 5.75 Å². The van der Waals surface area contributed by atoms with Gasteiger partial charge in [0, 0.05) is 6.20 Å². The number of carbonyl (C=O) groups is 1. The third-order valence-electron chi connectivity index (χ3n) is 2.32. The third-order valence-corrected chi connectivity index (χ3v) is 2.32. The Hall–Kier alpha value is -2.44. The molecule has 0 spiro atoms. The standard InChI is InChI=1S/C13H10F3NO3/c14-13(15,16)20-10-4-1-3-9(7-10)8-19-12(18)11-5-2-6-17-11/h1-7,17H,8H2. The van der Waals surface area contributed by atoms with Crippen molar-refractivity contribution in [2.75, 3.05) is 0 Å². The van der Waals surface area contributed by atoms with Gasteiger partial charge in [0.1, 0.15) is 18.1 Å². The minimum absolute atomic E-state index is 0.146. The van der Waals surface area contributed by atoms with E-state index in [-0.39, 0.29) is 18.1 Å². The highest BCUT2D eigenvalue weighted by Crippen LogP contribution is 2.23. The molecule has 2 rings (SSSR count). The largest absolute Gasteiger partial charge is 0.573 e. The number of alkyl halides is 3. The Morgan fingerprint density at radius 2 is 2.00 bits per heavy atom. The number of carbonyl (C=O) groups excluding carboxylic acids is 1. The molecule has 0 unspecified atom stereocenters. The van der Waals surface area contributed by atoms with Crippen LogP contribution in [0.4, 0.5) is 13.2 Å². The molecule has 2 aromatic rings. The van der Waals surface area contributed by atoms with E-state index in [1.807, 2.05) is 0 Å². The summed E-state index contributed by atoms with van der Waals surface area (Å²) in [5.74, 6) is -0.942. The van der Waals surface area contributed by atoms with Gasteiger partial charge >= 0.3 is 12.3 Å². The Labute approximate surface area is 112 Å². The van der Waals surface area contributed by atoms with Gasteiger partial charge in [0.25, 0.3) is 0 Å². The topological polar surface area (TPSA) is 51.3 Å². The Morgan fingerprint density at radius 1 is 1.20 bits per heavy atom. The fraction of sp³-hybridized carbons (Fsp3) is 0.154. The highest BCUT2D eigenvalue weighted by molar-refractivity contribution is 5.87. The van der Waals surface area contributed by atoms with Gasteiger partial charge in [0.05, 0.1) is 0 Å². The molecule has 0 aliphatic heterocycles. The van der Waals surface area contributed by atoms with E-state index < -0.39 is 12.3 Å². The number of nitrogens with one attached hydrogen (secondary N) is 1. The van der Waals surface area contributed by atoms with Crippen LogP contribution < -0.4 is 4.74 Å². The summed E-state index contributed by atoms with van der Waals surface area (Å²) in [5, 5.41) is 0. The highest BCUT2D eigenvalue weighted by Gasteiger charge is 2.31. The van der Waals surface area contributed by atoms with E-state index in [1.54, 1.807) is 12.3 Å². The fourth-order valence-corrected chi connectivity index (χ4v) is 1.52. The van der Waals surface area contributed by atoms with Crippen molar-refractivity contribution in [2.24, 2.45) is 0 Å². The molecule has 1 aromatic heterocycles. The second kappa shape index (κ2) is 5.68. The van der Waals surface area contributed by atoms with Gasteiger partial charge in [-0.2, -0.15) is 0 Å². The van der Waals surface area contributed by atoms with Crippen molar-refractivity contribution in [3.05, 3.63) is 53.9 Å². The van der Waals surface area contributed by atoms with Crippen molar-refractivity contribution in [1.82, 2.24) is 4.98 Å². The molecule has 0 fully saturated rings. The molecule has 106 valence electrons. The van der Waals surface area contributed by atoms with E-state index in [0.717, 1.165) is 6.07 Å². The highest BCUT2D eigenvalue weighted by atomic mass is 19.4. The average molecular weight is 285 g/mol. The third kappa shape index (κ3) is 4.04. The number of benzene rings is 1. The molecule has 1 heterocycles. The van der Waals surface area contributed by atoms with Crippen molar-refractivity contribution in [3.63, 3.8) is 0 Å². The first-order valence-electron chi connectivity index (χ1n) is 5.59. The molecule has 0 bridgehead atoms. The maximum absolute atomic E-state index is 12.1. The van der Waals surface area contributed by atoms with Gasteiger partial charge in [-0.25, -0.2) is 4.79 Å². The number of aromatic amines is 1. The van der Waals surface area contributed by atoms with Crippen LogP contribution in [0.2, 0.25) is 0 Å². The van der Waals surface area contributed by atoms with E-state index >= 15 is 0 Å². The van der Waals surface area contributed by atoms with Crippen molar-refractivity contribution >= 4 is 5.97 Å². The van der Waals surface area contributed by atoms with Gasteiger partial charge < -0.3 is 14.5 Å². The van der Waals surface area contributed by atoms with Crippen LogP contribution in [0.3, 0.4) is 0 Å². The summed E-state index contributed by atoms with van der Waals surface area (Å²) >= 11 is 0. The molecule has 0 aliphatic carbocycles. The number of ether oxygens (including phenoxy) is 2. The van der Waals surface area contributed by atoms with Gasteiger partial charge in [0.2, 0.25) is 0 Å². The van der Waals surface area contributed by atoms with Crippen LogP contribution >= 0.6 is 0 Å². The van der Waals surface area contributed by atoms with Crippen LogP contribution in [-0.4, -0.2) is 17.3 Å². The second-order valence-electron chi connectivity index (χ2n) is 3.86. The zero-order valence-corrected chi connectivity index (χ0v) is 10.1. The molecule has 0 radical (unpaired) electrons. The van der Waals surface area contributed by atoms with Crippen LogP contribution in [0.1, 0.15) is 16.1 Å². The first-order chi connectivity index (χ1) is 9.44. The molecule has 1 aromatic carbocycles. The fourth-order valence-electron chi connectivity index (χ4n) is 1.52. The van der Waals surface area contributed by atoms with Crippen LogP contribution in [0.25, 0.3) is 0 Å². The zero-order chi connectivity index (χ0) is 14.6. The lowest BCUT2D eigenvalue weighted by Gasteiger charge is -2.10. The Morgan fingerprint density at radius 3 is 2.65 bits per heavy atom. The maximum Gasteiger partial charge on any atom is 0.573 e. The van der Waals surface area contributed by atoms with E-state index in [9.17, 15) is 18.0 Å². The zero-order valence-electron chi connectivity index (χ0n) is 10.1. The summed E-state index contributed by atoms with van der Waals surface area (Å²) in [6.45, 7) is -0.146. The molecule has 4 nitrogen and oxygen atoms in total. The minimum atomic E-state index is -4.75. The lowest BCUT2D eigenvalue weighted by molar-refractivity contribution is -0.274. The number of aromatic nitrogens is 1. The molecule has 1 N–H and O–H groups in total. The molecule has 0 aliphatic rings. The van der Waals surface area contributed by atoms with Crippen molar-refractivity contribution < 1.29 is 27.4 Å². The lowest BCUT2D eigenvalue weighted by atomic mass is 10.2. The first-order valence-corrected chi connectivity index (χ1v) is 5.59. The minimum Gasteiger partial charge on any atom is -0.456 e. The van der Waals surface area contributed by atoms with Gasteiger partial charge in [-0.05, 0) is 29.8 Å². The van der Waals surface area contributed by atoms with E-state index in [2.05, 4.69) is 9.72 Å². The number of esters is 1. The van der Waals surface area contributed by atoms with E-state index in [1.165, 1.54) is 24.3 Å². The molecule has 20 heavy (non-hydrogen) atoms. The van der Waals surface area contributed by atoms with Gasteiger partial charge in [-0.3, -0.25) is 0 Å². The Balaban J connectivity index is 1.96. The molecule has 0 amide bonds. The van der Waals surface area contributed by atoms with Gasteiger partial charge in [-0.1, -0.05) is 12.1 Å². The van der Waals surface area contributed by atoms with E-state index in [0.29, 0.717) is 5.56 Å². The smallest absolute Gasteiger partial charge is 0.456 e. The molecule has 0 saturated carbocycles. The summed E-state index contributed by atoms with van der Waals surface area (Å²) < 4.78 is 44.9. The Kier molecular flexibility index (Phi) is 3.97. The van der Waals surface area contributed by atoms with Gasteiger partial charge in [-0.15, -0.1) is 13.2 Å². The maximum atomic E-state index is 12.1. The molecular weight excluding hydrogens is 275 g/mol. The number of hydrogen-bond acceptors (Lipinski definition) is 3. The summed E-state index contributed by atoms with van der Waals surface area (Å²) in [6.07, 6.45) is -3.19. The second-order valence-corrected chi connectivity index (χ2v) is 3.86. The van der Waals surface area contributed by atoms with Gasteiger partial charge in [0.15, 0.2) is 0 Å². The monoisotopic (exact) mass is 285 g/mol. The van der Waals surface area contributed by atoms with Crippen molar-refractivity contribution in [2.45, 2.75) is 13.0 Å².